The van der Waals surface area contributed by atoms with Crippen LogP contribution in [0.25, 0.3) is 0 Å². The van der Waals surface area contributed by atoms with Crippen LogP contribution in [0.3, 0.4) is 0 Å². The van der Waals surface area contributed by atoms with Gasteiger partial charge in [0.1, 0.15) is 0 Å². The van der Waals surface area contributed by atoms with Gasteiger partial charge in [-0.3, -0.25) is 0 Å². The van der Waals surface area contributed by atoms with Gasteiger partial charge < -0.3 is 16.4 Å². The Morgan fingerprint density at radius 2 is 1.92 bits per heavy atom. The first kappa shape index (κ1) is 7.28. The fourth-order valence-electron chi connectivity index (χ4n) is 1.40. The molecule has 1 aliphatic heterocycles. The van der Waals surface area contributed by atoms with Crippen molar-refractivity contribution in [2.24, 2.45) is 0 Å². The van der Waals surface area contributed by atoms with Crippen LogP contribution in [-0.2, 0) is 0 Å². The SMILES string of the molecule is Nc1cccc(N2CCC2)c1N. The van der Waals surface area contributed by atoms with Crippen molar-refractivity contribution in [3.63, 3.8) is 0 Å². The highest BCUT2D eigenvalue weighted by molar-refractivity contribution is 5.79. The number of nitrogens with zero attached hydrogens (tertiary/aromatic N) is 1. The Morgan fingerprint density at radius 1 is 1.17 bits per heavy atom. The standard InChI is InChI=1S/C9H13N3/c10-7-3-1-4-8(9(7)11)12-5-2-6-12/h1,3-4H,2,5-6,10-11H2. The van der Waals surface area contributed by atoms with Gasteiger partial charge in [0.25, 0.3) is 0 Å². The molecule has 0 saturated carbocycles. The Kier molecular flexibility index (Phi) is 1.57. The molecule has 3 nitrogen and oxygen atoms in total. The summed E-state index contributed by atoms with van der Waals surface area (Å²) >= 11 is 0. The second-order valence-electron chi connectivity index (χ2n) is 3.12. The lowest BCUT2D eigenvalue weighted by molar-refractivity contribution is 0.619. The van der Waals surface area contributed by atoms with Gasteiger partial charge in [0.15, 0.2) is 0 Å². The molecule has 1 aromatic carbocycles. The van der Waals surface area contributed by atoms with Gasteiger partial charge in [0, 0.05) is 13.1 Å². The molecule has 1 aromatic rings. The topological polar surface area (TPSA) is 55.3 Å². The molecule has 0 radical (unpaired) electrons. The lowest BCUT2D eigenvalue weighted by Crippen LogP contribution is -2.37. The van der Waals surface area contributed by atoms with Gasteiger partial charge in [0.2, 0.25) is 0 Å². The summed E-state index contributed by atoms with van der Waals surface area (Å²) in [6.45, 7) is 2.21. The number of hydrogen-bond donors (Lipinski definition) is 2. The van der Waals surface area contributed by atoms with Crippen LogP contribution in [0.5, 0.6) is 0 Å². The summed E-state index contributed by atoms with van der Waals surface area (Å²) in [4.78, 5) is 2.24. The van der Waals surface area contributed by atoms with E-state index in [1.165, 1.54) is 6.42 Å². The Bertz CT molecular complexity index is 292. The second kappa shape index (κ2) is 2.59. The first-order valence-electron chi connectivity index (χ1n) is 4.18. The maximum Gasteiger partial charge on any atom is 0.0785 e. The molecule has 4 N–H and O–H groups in total. The fourth-order valence-corrected chi connectivity index (χ4v) is 1.40. The number of nitrogens with two attached hydrogens (primary N) is 2. The number of rotatable bonds is 1. The number of para-hydroxylation sites is 1. The van der Waals surface area contributed by atoms with Crippen molar-refractivity contribution in [3.05, 3.63) is 18.2 Å². The summed E-state index contributed by atoms with van der Waals surface area (Å²) in [6, 6.07) is 5.79. The average molecular weight is 163 g/mol. The molecule has 1 aliphatic rings. The molecule has 1 fully saturated rings. The molecule has 1 heterocycles. The van der Waals surface area contributed by atoms with Crippen molar-refractivity contribution < 1.29 is 0 Å². The Labute approximate surface area is 72.0 Å². The van der Waals surface area contributed by atoms with E-state index in [0.717, 1.165) is 24.5 Å². The summed E-state index contributed by atoms with van der Waals surface area (Å²) in [7, 11) is 0. The van der Waals surface area contributed by atoms with Crippen LogP contribution in [0, 0.1) is 0 Å². The third-order valence-electron chi connectivity index (χ3n) is 2.31. The molecular weight excluding hydrogens is 150 g/mol. The van der Waals surface area contributed by atoms with E-state index in [2.05, 4.69) is 4.90 Å². The Morgan fingerprint density at radius 3 is 2.50 bits per heavy atom. The first-order valence-corrected chi connectivity index (χ1v) is 4.18. The summed E-state index contributed by atoms with van der Waals surface area (Å²) in [5, 5.41) is 0. The molecule has 0 spiro atoms. The van der Waals surface area contributed by atoms with E-state index in [9.17, 15) is 0 Å². The second-order valence-corrected chi connectivity index (χ2v) is 3.12. The van der Waals surface area contributed by atoms with E-state index < -0.39 is 0 Å². The molecule has 3 heteroatoms. The van der Waals surface area contributed by atoms with Crippen molar-refractivity contribution >= 4 is 17.1 Å². The summed E-state index contributed by atoms with van der Waals surface area (Å²) in [6.07, 6.45) is 1.26. The lowest BCUT2D eigenvalue weighted by atomic mass is 10.1. The van der Waals surface area contributed by atoms with Gasteiger partial charge in [-0.1, -0.05) is 6.07 Å². The van der Waals surface area contributed by atoms with Crippen molar-refractivity contribution in [3.8, 4) is 0 Å². The van der Waals surface area contributed by atoms with E-state index in [1.807, 2.05) is 18.2 Å². The highest BCUT2D eigenvalue weighted by atomic mass is 15.2. The maximum atomic E-state index is 5.83. The van der Waals surface area contributed by atoms with Crippen LogP contribution in [0.1, 0.15) is 6.42 Å². The third kappa shape index (κ3) is 0.978. The number of benzene rings is 1. The van der Waals surface area contributed by atoms with Crippen molar-refractivity contribution in [2.75, 3.05) is 29.5 Å². The molecule has 0 aromatic heterocycles. The fraction of sp³-hybridized carbons (Fsp3) is 0.333. The Hall–Kier alpha value is -1.38. The average Bonchev–Trinajstić information content (AvgIpc) is 1.95. The maximum absolute atomic E-state index is 5.83. The van der Waals surface area contributed by atoms with E-state index in [1.54, 1.807) is 0 Å². The molecule has 0 atom stereocenters. The molecule has 0 unspecified atom stereocenters. The van der Waals surface area contributed by atoms with E-state index >= 15 is 0 Å². The highest BCUT2D eigenvalue weighted by Gasteiger charge is 2.16. The number of hydrogen-bond acceptors (Lipinski definition) is 3. The van der Waals surface area contributed by atoms with Crippen molar-refractivity contribution in [2.45, 2.75) is 6.42 Å². The summed E-state index contributed by atoms with van der Waals surface area (Å²) in [5.74, 6) is 0. The third-order valence-corrected chi connectivity index (χ3v) is 2.31. The lowest BCUT2D eigenvalue weighted by Gasteiger charge is -2.34. The van der Waals surface area contributed by atoms with Gasteiger partial charge in [0.05, 0.1) is 17.1 Å². The van der Waals surface area contributed by atoms with E-state index in [0.29, 0.717) is 5.69 Å². The molecule has 1 saturated heterocycles. The Balaban J connectivity index is 2.36. The number of nitrogen functional groups attached to an aromatic ring is 2. The molecule has 2 rings (SSSR count). The summed E-state index contributed by atoms with van der Waals surface area (Å²) < 4.78 is 0. The van der Waals surface area contributed by atoms with Crippen molar-refractivity contribution in [1.29, 1.82) is 0 Å². The predicted octanol–water partition coefficient (Wildman–Crippen LogP) is 1.06. The molecule has 64 valence electrons. The van der Waals surface area contributed by atoms with Crippen LogP contribution in [0.15, 0.2) is 18.2 Å². The molecule has 0 aliphatic carbocycles. The van der Waals surface area contributed by atoms with E-state index in [4.69, 9.17) is 11.5 Å². The first-order chi connectivity index (χ1) is 5.79. The molecular formula is C9H13N3. The minimum atomic E-state index is 0.680. The van der Waals surface area contributed by atoms with Crippen LogP contribution < -0.4 is 16.4 Å². The van der Waals surface area contributed by atoms with Gasteiger partial charge in [-0.25, -0.2) is 0 Å². The zero-order valence-corrected chi connectivity index (χ0v) is 6.96. The van der Waals surface area contributed by atoms with Crippen LogP contribution in [0.4, 0.5) is 17.1 Å². The molecule has 0 amide bonds. The zero-order valence-electron chi connectivity index (χ0n) is 6.96. The van der Waals surface area contributed by atoms with E-state index in [-0.39, 0.29) is 0 Å². The normalized spacial score (nSPS) is 15.8. The predicted molar refractivity (Wildman–Crippen MR) is 52.1 cm³/mol. The van der Waals surface area contributed by atoms with Gasteiger partial charge in [-0.15, -0.1) is 0 Å². The largest absolute Gasteiger partial charge is 0.397 e. The van der Waals surface area contributed by atoms with Gasteiger partial charge >= 0.3 is 0 Å². The van der Waals surface area contributed by atoms with Crippen molar-refractivity contribution in [1.82, 2.24) is 0 Å². The van der Waals surface area contributed by atoms with Crippen LogP contribution in [-0.4, -0.2) is 13.1 Å². The quantitative estimate of drug-likeness (QED) is 0.609. The minimum absolute atomic E-state index is 0.680. The minimum Gasteiger partial charge on any atom is -0.397 e. The molecule has 12 heavy (non-hydrogen) atoms. The molecule has 0 bridgehead atoms. The van der Waals surface area contributed by atoms with Crippen LogP contribution in [0.2, 0.25) is 0 Å². The number of anilines is 3. The van der Waals surface area contributed by atoms with Gasteiger partial charge in [-0.2, -0.15) is 0 Å². The van der Waals surface area contributed by atoms with Crippen LogP contribution >= 0.6 is 0 Å². The monoisotopic (exact) mass is 163 g/mol. The zero-order chi connectivity index (χ0) is 8.55. The summed E-state index contributed by atoms with van der Waals surface area (Å²) in [5.41, 5.74) is 14.0. The van der Waals surface area contributed by atoms with Gasteiger partial charge in [-0.05, 0) is 18.6 Å². The smallest absolute Gasteiger partial charge is 0.0785 e. The highest BCUT2D eigenvalue weighted by Crippen LogP contribution is 2.30.